The summed E-state index contributed by atoms with van der Waals surface area (Å²) in [6, 6.07) is 2.69. The Hall–Kier alpha value is -2.45. The number of nitrogens with two attached hydrogens (primary N) is 1. The van der Waals surface area contributed by atoms with Crippen molar-refractivity contribution in [3.63, 3.8) is 0 Å². The molecule has 1 spiro atoms. The number of amides is 4. The highest BCUT2D eigenvalue weighted by Gasteiger charge is 2.71. The number of carbonyl (C=O) groups excluding carboxylic acids is 4. The average Bonchev–Trinajstić information content (AvgIpc) is 3.28. The molecule has 2 saturated heterocycles. The minimum atomic E-state index is -1.45. The molecule has 9 heteroatoms. The van der Waals surface area contributed by atoms with Crippen LogP contribution in [-0.4, -0.2) is 40.6 Å². The molecular weight excluding hydrogens is 420 g/mol. The molecule has 5 rings (SSSR count). The summed E-state index contributed by atoms with van der Waals surface area (Å²) in [6.07, 6.45) is 4.41. The van der Waals surface area contributed by atoms with Gasteiger partial charge in [0.1, 0.15) is 5.54 Å². The van der Waals surface area contributed by atoms with Gasteiger partial charge in [0.05, 0.1) is 22.5 Å². The first kappa shape index (κ1) is 20.5. The molecule has 3 fully saturated rings. The number of nitrogens with zero attached hydrogens (tertiary/aromatic N) is 1. The lowest BCUT2D eigenvalue weighted by Crippen LogP contribution is -2.54. The van der Waals surface area contributed by atoms with E-state index in [0.29, 0.717) is 16.3 Å². The fraction of sp³-hybridized carbons (Fsp3) is 0.545. The number of carbonyl (C=O) groups is 4. The number of likely N-dealkylation sites (tertiary alicyclic amines) is 1. The molecule has 3 aliphatic heterocycles. The van der Waals surface area contributed by atoms with Crippen LogP contribution in [0.2, 0.25) is 5.02 Å². The van der Waals surface area contributed by atoms with Crippen LogP contribution in [0.1, 0.15) is 49.7 Å². The van der Waals surface area contributed by atoms with Gasteiger partial charge in [-0.1, -0.05) is 36.9 Å². The van der Waals surface area contributed by atoms with Crippen LogP contribution in [0, 0.1) is 18.8 Å². The van der Waals surface area contributed by atoms with E-state index in [1.807, 2.05) is 13.0 Å². The Morgan fingerprint density at radius 3 is 2.58 bits per heavy atom. The Balaban J connectivity index is 1.65. The van der Waals surface area contributed by atoms with Gasteiger partial charge in [-0.3, -0.25) is 29.4 Å². The van der Waals surface area contributed by atoms with E-state index >= 15 is 0 Å². The van der Waals surface area contributed by atoms with E-state index in [9.17, 15) is 19.2 Å². The first-order valence-corrected chi connectivity index (χ1v) is 11.2. The summed E-state index contributed by atoms with van der Waals surface area (Å²) in [6.45, 7) is 1.85. The van der Waals surface area contributed by atoms with E-state index in [2.05, 4.69) is 10.6 Å². The maximum atomic E-state index is 13.8. The van der Waals surface area contributed by atoms with Crippen molar-refractivity contribution in [2.24, 2.45) is 17.6 Å². The van der Waals surface area contributed by atoms with Crippen molar-refractivity contribution in [1.29, 1.82) is 0 Å². The average molecular weight is 445 g/mol. The molecule has 4 atom stereocenters. The van der Waals surface area contributed by atoms with Crippen LogP contribution < -0.4 is 16.4 Å². The van der Waals surface area contributed by atoms with Gasteiger partial charge >= 0.3 is 0 Å². The summed E-state index contributed by atoms with van der Waals surface area (Å²) in [7, 11) is 0. The predicted molar refractivity (Wildman–Crippen MR) is 113 cm³/mol. The summed E-state index contributed by atoms with van der Waals surface area (Å²) in [5.41, 5.74) is 5.84. The van der Waals surface area contributed by atoms with Gasteiger partial charge in [0.25, 0.3) is 0 Å². The van der Waals surface area contributed by atoms with E-state index in [0.717, 1.165) is 37.7 Å². The Morgan fingerprint density at radius 2 is 1.90 bits per heavy atom. The van der Waals surface area contributed by atoms with E-state index < -0.39 is 35.2 Å². The fourth-order valence-electron chi connectivity index (χ4n) is 6.11. The molecule has 1 aliphatic carbocycles. The molecular formula is C22H25ClN4O4. The second kappa shape index (κ2) is 7.03. The first-order chi connectivity index (χ1) is 14.8. The van der Waals surface area contributed by atoms with Crippen molar-refractivity contribution in [3.8, 4) is 0 Å². The third-order valence-electron chi connectivity index (χ3n) is 7.32. The maximum absolute atomic E-state index is 13.8. The van der Waals surface area contributed by atoms with Crippen LogP contribution in [0.4, 0.5) is 5.69 Å². The number of fused-ring (bicyclic) bond motifs is 4. The van der Waals surface area contributed by atoms with Crippen LogP contribution in [0.5, 0.6) is 0 Å². The van der Waals surface area contributed by atoms with Gasteiger partial charge in [-0.05, 0) is 31.4 Å². The highest BCUT2D eigenvalue weighted by Crippen LogP contribution is 2.55. The Morgan fingerprint density at radius 1 is 1.19 bits per heavy atom. The quantitative estimate of drug-likeness (QED) is 0.611. The van der Waals surface area contributed by atoms with Crippen molar-refractivity contribution in [2.75, 3.05) is 5.32 Å². The van der Waals surface area contributed by atoms with Gasteiger partial charge in [-0.25, -0.2) is 0 Å². The van der Waals surface area contributed by atoms with Gasteiger partial charge in [-0.2, -0.15) is 0 Å². The fourth-order valence-corrected chi connectivity index (χ4v) is 6.43. The zero-order valence-electron chi connectivity index (χ0n) is 17.2. The summed E-state index contributed by atoms with van der Waals surface area (Å²) in [5.74, 6) is -3.43. The molecule has 0 aromatic heterocycles. The summed E-state index contributed by atoms with van der Waals surface area (Å²) >= 11 is 6.40. The van der Waals surface area contributed by atoms with Gasteiger partial charge < -0.3 is 11.1 Å². The molecule has 4 aliphatic rings. The summed E-state index contributed by atoms with van der Waals surface area (Å²) < 4.78 is 0. The smallest absolute Gasteiger partial charge is 0.250 e. The zero-order valence-corrected chi connectivity index (χ0v) is 18.0. The Labute approximate surface area is 184 Å². The van der Waals surface area contributed by atoms with Crippen LogP contribution in [0.15, 0.2) is 12.1 Å². The second-order valence-corrected chi connectivity index (χ2v) is 9.60. The first-order valence-electron chi connectivity index (χ1n) is 10.8. The van der Waals surface area contributed by atoms with Gasteiger partial charge in [-0.15, -0.1) is 0 Å². The van der Waals surface area contributed by atoms with E-state index in [1.165, 1.54) is 4.90 Å². The predicted octanol–water partition coefficient (Wildman–Crippen LogP) is 1.58. The molecule has 164 valence electrons. The number of hydrogen-bond donors (Lipinski definition) is 3. The van der Waals surface area contributed by atoms with E-state index in [4.69, 9.17) is 17.3 Å². The standard InChI is InChI=1S/C22H25ClN4O4/c1-10-7-12-18(13(23)8-10)25-21(31)22(12)17-16(14(26-22)9-15(24)28)19(29)27(20(17)30)11-5-3-2-4-6-11/h7-8,11,14,16-17,26H,2-6,9H2,1H3,(H2,24,28)(H,25,31)/t14-,16+,17-,22+/m0/s1. The minimum Gasteiger partial charge on any atom is -0.370 e. The lowest BCUT2D eigenvalue weighted by atomic mass is 9.76. The van der Waals surface area contributed by atoms with Gasteiger partial charge in [0.2, 0.25) is 23.6 Å². The Kier molecular flexibility index (Phi) is 4.64. The SMILES string of the molecule is Cc1cc(Cl)c2c(c1)[C@]1(N[C@@H](CC(N)=O)[C@H]3C(=O)N(C4CCCCC4)C(=O)[C@H]31)C(=O)N2. The minimum absolute atomic E-state index is 0.136. The number of benzene rings is 1. The highest BCUT2D eigenvalue weighted by molar-refractivity contribution is 6.35. The van der Waals surface area contributed by atoms with Crippen LogP contribution in [0.25, 0.3) is 0 Å². The van der Waals surface area contributed by atoms with Crippen molar-refractivity contribution < 1.29 is 19.2 Å². The topological polar surface area (TPSA) is 122 Å². The number of hydrogen-bond acceptors (Lipinski definition) is 5. The molecule has 1 saturated carbocycles. The maximum Gasteiger partial charge on any atom is 0.250 e. The molecule has 31 heavy (non-hydrogen) atoms. The highest BCUT2D eigenvalue weighted by atomic mass is 35.5. The summed E-state index contributed by atoms with van der Waals surface area (Å²) in [4.78, 5) is 53.9. The van der Waals surface area contributed by atoms with Gasteiger partial charge in [0, 0.05) is 24.1 Å². The normalized spacial score (nSPS) is 32.5. The number of halogens is 1. The number of aryl methyl sites for hydroxylation is 1. The number of anilines is 1. The number of imide groups is 1. The van der Waals surface area contributed by atoms with Crippen molar-refractivity contribution >= 4 is 40.9 Å². The number of nitrogens with one attached hydrogen (secondary N) is 2. The number of rotatable bonds is 3. The van der Waals surface area contributed by atoms with E-state index in [1.54, 1.807) is 6.07 Å². The second-order valence-electron chi connectivity index (χ2n) is 9.19. The molecule has 4 amide bonds. The van der Waals surface area contributed by atoms with Crippen molar-refractivity contribution in [1.82, 2.24) is 10.2 Å². The lowest BCUT2D eigenvalue weighted by Gasteiger charge is -2.33. The molecule has 1 aromatic carbocycles. The largest absolute Gasteiger partial charge is 0.370 e. The van der Waals surface area contributed by atoms with Crippen molar-refractivity contribution in [3.05, 3.63) is 28.3 Å². The lowest BCUT2D eigenvalue weighted by molar-refractivity contribution is -0.146. The van der Waals surface area contributed by atoms with Gasteiger partial charge in [0.15, 0.2) is 0 Å². The molecule has 0 bridgehead atoms. The van der Waals surface area contributed by atoms with E-state index in [-0.39, 0.29) is 24.3 Å². The Bertz CT molecular complexity index is 1020. The molecule has 3 heterocycles. The molecule has 4 N–H and O–H groups in total. The van der Waals surface area contributed by atoms with Crippen LogP contribution >= 0.6 is 11.6 Å². The molecule has 0 unspecified atom stereocenters. The summed E-state index contributed by atoms with van der Waals surface area (Å²) in [5, 5.41) is 6.39. The van der Waals surface area contributed by atoms with Crippen LogP contribution in [0.3, 0.4) is 0 Å². The number of primary amides is 1. The van der Waals surface area contributed by atoms with Crippen molar-refractivity contribution in [2.45, 2.75) is 63.1 Å². The monoisotopic (exact) mass is 444 g/mol. The van der Waals surface area contributed by atoms with Crippen LogP contribution in [-0.2, 0) is 24.7 Å². The molecule has 8 nitrogen and oxygen atoms in total. The third kappa shape index (κ3) is 2.77. The zero-order chi connectivity index (χ0) is 22.1. The molecule has 0 radical (unpaired) electrons. The third-order valence-corrected chi connectivity index (χ3v) is 7.61. The molecule has 1 aromatic rings.